The molecule has 0 radical (unpaired) electrons. The van der Waals surface area contributed by atoms with Crippen molar-refractivity contribution in [1.82, 2.24) is 0 Å². The zero-order valence-corrected chi connectivity index (χ0v) is 8.59. The fourth-order valence-corrected chi connectivity index (χ4v) is 1.000. The molecular weight excluding hydrogens is 194 g/mol. The van der Waals surface area contributed by atoms with Gasteiger partial charge in [-0.05, 0) is 12.5 Å². The Kier molecular flexibility index (Phi) is 4.27. The van der Waals surface area contributed by atoms with E-state index < -0.39 is 18.1 Å². The summed E-state index contributed by atoms with van der Waals surface area (Å²) in [6, 6.07) is 9.33. The molecule has 82 valence electrons. The topological polar surface area (TPSA) is 72.5 Å². The predicted octanol–water partition coefficient (Wildman–Crippen LogP) is 0.643. The van der Waals surface area contributed by atoms with Gasteiger partial charge in [-0.1, -0.05) is 30.3 Å². The van der Waals surface area contributed by atoms with Crippen LogP contribution < -0.4 is 5.73 Å². The molecule has 4 nitrogen and oxygen atoms in total. The minimum absolute atomic E-state index is 0.205. The minimum atomic E-state index is -1.17. The number of carbonyl (C=O) groups is 1. The van der Waals surface area contributed by atoms with Gasteiger partial charge in [-0.2, -0.15) is 0 Å². The second-order valence-corrected chi connectivity index (χ2v) is 3.37. The first-order valence-corrected chi connectivity index (χ1v) is 4.75. The Labute approximate surface area is 88.7 Å². The SMILES string of the molecule is CC(C(=O)OCc1ccccc1)[C@H](N)O. The molecule has 1 aromatic rings. The lowest BCUT2D eigenvalue weighted by Gasteiger charge is -2.13. The molecule has 0 saturated heterocycles. The van der Waals surface area contributed by atoms with Crippen molar-refractivity contribution >= 4 is 5.97 Å². The number of esters is 1. The van der Waals surface area contributed by atoms with E-state index in [2.05, 4.69) is 0 Å². The summed E-state index contributed by atoms with van der Waals surface area (Å²) in [7, 11) is 0. The van der Waals surface area contributed by atoms with Crippen molar-refractivity contribution < 1.29 is 14.6 Å². The van der Waals surface area contributed by atoms with Gasteiger partial charge in [0.15, 0.2) is 0 Å². The van der Waals surface area contributed by atoms with Crippen molar-refractivity contribution in [1.29, 1.82) is 0 Å². The average Bonchev–Trinajstić information content (AvgIpc) is 2.26. The van der Waals surface area contributed by atoms with Crippen LogP contribution in [0.1, 0.15) is 12.5 Å². The van der Waals surface area contributed by atoms with E-state index in [0.717, 1.165) is 5.56 Å². The van der Waals surface area contributed by atoms with Gasteiger partial charge in [0.25, 0.3) is 0 Å². The van der Waals surface area contributed by atoms with E-state index >= 15 is 0 Å². The van der Waals surface area contributed by atoms with Gasteiger partial charge < -0.3 is 15.6 Å². The molecule has 0 spiro atoms. The molecule has 0 aliphatic rings. The first-order valence-electron chi connectivity index (χ1n) is 4.75. The standard InChI is InChI=1S/C11H15NO3/c1-8(10(12)13)11(14)15-7-9-5-3-2-4-6-9/h2-6,8,10,13H,7,12H2,1H3/t8?,10-/m1/s1. The van der Waals surface area contributed by atoms with E-state index in [1.165, 1.54) is 6.92 Å². The Hall–Kier alpha value is -1.39. The Bertz CT molecular complexity index is 311. The number of ether oxygens (including phenoxy) is 1. The molecule has 0 aliphatic carbocycles. The Morgan fingerprint density at radius 2 is 2.07 bits per heavy atom. The zero-order valence-electron chi connectivity index (χ0n) is 8.59. The van der Waals surface area contributed by atoms with E-state index in [-0.39, 0.29) is 6.61 Å². The van der Waals surface area contributed by atoms with Crippen LogP contribution in [0.15, 0.2) is 30.3 Å². The van der Waals surface area contributed by atoms with Crippen LogP contribution >= 0.6 is 0 Å². The van der Waals surface area contributed by atoms with Crippen molar-refractivity contribution in [2.24, 2.45) is 11.7 Å². The molecule has 1 rings (SSSR count). The predicted molar refractivity (Wildman–Crippen MR) is 55.6 cm³/mol. The van der Waals surface area contributed by atoms with Gasteiger partial charge >= 0.3 is 5.97 Å². The molecule has 0 aromatic heterocycles. The molecule has 0 heterocycles. The lowest BCUT2D eigenvalue weighted by atomic mass is 10.1. The third kappa shape index (κ3) is 3.69. The summed E-state index contributed by atoms with van der Waals surface area (Å²) in [4.78, 5) is 11.3. The quantitative estimate of drug-likeness (QED) is 0.564. The van der Waals surface area contributed by atoms with Crippen LogP contribution in [0.3, 0.4) is 0 Å². The third-order valence-corrected chi connectivity index (χ3v) is 2.11. The van der Waals surface area contributed by atoms with Crippen LogP contribution in [-0.4, -0.2) is 17.3 Å². The highest BCUT2D eigenvalue weighted by molar-refractivity contribution is 5.72. The second kappa shape index (κ2) is 5.48. The normalized spacial score (nSPS) is 14.3. The number of carbonyl (C=O) groups excluding carboxylic acids is 1. The molecule has 2 atom stereocenters. The maximum atomic E-state index is 11.3. The number of hydrogen-bond acceptors (Lipinski definition) is 4. The number of aliphatic hydroxyl groups excluding tert-OH is 1. The Morgan fingerprint density at radius 1 is 1.47 bits per heavy atom. The summed E-state index contributed by atoms with van der Waals surface area (Å²) >= 11 is 0. The van der Waals surface area contributed by atoms with Crippen LogP contribution in [0, 0.1) is 5.92 Å². The summed E-state index contributed by atoms with van der Waals surface area (Å²) < 4.78 is 4.97. The van der Waals surface area contributed by atoms with E-state index in [4.69, 9.17) is 15.6 Å². The maximum absolute atomic E-state index is 11.3. The Morgan fingerprint density at radius 3 is 2.60 bits per heavy atom. The van der Waals surface area contributed by atoms with Crippen molar-refractivity contribution in [3.8, 4) is 0 Å². The molecule has 0 aliphatic heterocycles. The number of benzene rings is 1. The van der Waals surface area contributed by atoms with Crippen LogP contribution in [0.2, 0.25) is 0 Å². The van der Waals surface area contributed by atoms with Gasteiger partial charge in [0.2, 0.25) is 0 Å². The van der Waals surface area contributed by atoms with Crippen molar-refractivity contribution in [3.63, 3.8) is 0 Å². The molecule has 4 heteroatoms. The van der Waals surface area contributed by atoms with Crippen molar-refractivity contribution in [3.05, 3.63) is 35.9 Å². The zero-order chi connectivity index (χ0) is 11.3. The van der Waals surface area contributed by atoms with E-state index in [0.29, 0.717) is 0 Å². The number of aliphatic hydroxyl groups is 1. The second-order valence-electron chi connectivity index (χ2n) is 3.37. The van der Waals surface area contributed by atoms with Crippen molar-refractivity contribution in [2.45, 2.75) is 19.8 Å². The lowest BCUT2D eigenvalue weighted by molar-refractivity contribution is -0.152. The summed E-state index contributed by atoms with van der Waals surface area (Å²) in [5.74, 6) is -1.19. The summed E-state index contributed by atoms with van der Waals surface area (Å²) in [6.45, 7) is 1.73. The average molecular weight is 209 g/mol. The summed E-state index contributed by atoms with van der Waals surface area (Å²) in [6.07, 6.45) is -1.17. The van der Waals surface area contributed by atoms with Gasteiger partial charge in [-0.15, -0.1) is 0 Å². The molecule has 0 saturated carbocycles. The van der Waals surface area contributed by atoms with Crippen LogP contribution in [0.5, 0.6) is 0 Å². The molecule has 1 unspecified atom stereocenters. The fourth-order valence-electron chi connectivity index (χ4n) is 1.000. The van der Waals surface area contributed by atoms with Gasteiger partial charge in [-0.3, -0.25) is 4.79 Å². The highest BCUT2D eigenvalue weighted by Gasteiger charge is 2.19. The lowest BCUT2D eigenvalue weighted by Crippen LogP contribution is -2.34. The van der Waals surface area contributed by atoms with E-state index in [1.54, 1.807) is 0 Å². The number of hydrogen-bond donors (Lipinski definition) is 2. The number of nitrogens with two attached hydrogens (primary N) is 1. The molecule has 0 fully saturated rings. The first kappa shape index (κ1) is 11.7. The molecule has 1 aromatic carbocycles. The third-order valence-electron chi connectivity index (χ3n) is 2.11. The van der Waals surface area contributed by atoms with Crippen molar-refractivity contribution in [2.75, 3.05) is 0 Å². The van der Waals surface area contributed by atoms with Gasteiger partial charge in [0, 0.05) is 0 Å². The van der Waals surface area contributed by atoms with Crippen LogP contribution in [0.25, 0.3) is 0 Å². The maximum Gasteiger partial charge on any atom is 0.313 e. The molecular formula is C11H15NO3. The fraction of sp³-hybridized carbons (Fsp3) is 0.364. The molecule has 0 bridgehead atoms. The smallest absolute Gasteiger partial charge is 0.313 e. The van der Waals surface area contributed by atoms with E-state index in [1.807, 2.05) is 30.3 Å². The van der Waals surface area contributed by atoms with Gasteiger partial charge in [0.05, 0.1) is 5.92 Å². The van der Waals surface area contributed by atoms with Gasteiger partial charge in [-0.25, -0.2) is 0 Å². The molecule has 3 N–H and O–H groups in total. The van der Waals surface area contributed by atoms with Crippen LogP contribution in [0.4, 0.5) is 0 Å². The highest BCUT2D eigenvalue weighted by atomic mass is 16.5. The van der Waals surface area contributed by atoms with Gasteiger partial charge in [0.1, 0.15) is 12.8 Å². The largest absolute Gasteiger partial charge is 0.460 e. The highest BCUT2D eigenvalue weighted by Crippen LogP contribution is 2.05. The first-order chi connectivity index (χ1) is 7.11. The molecule has 15 heavy (non-hydrogen) atoms. The molecule has 0 amide bonds. The Balaban J connectivity index is 2.41. The summed E-state index contributed by atoms with van der Waals surface area (Å²) in [5, 5.41) is 8.97. The minimum Gasteiger partial charge on any atom is -0.460 e. The number of rotatable bonds is 4. The van der Waals surface area contributed by atoms with E-state index in [9.17, 15) is 4.79 Å². The summed E-state index contributed by atoms with van der Waals surface area (Å²) in [5.41, 5.74) is 6.07. The van der Waals surface area contributed by atoms with Crippen LogP contribution in [-0.2, 0) is 16.1 Å². The monoisotopic (exact) mass is 209 g/mol.